The lowest BCUT2D eigenvalue weighted by molar-refractivity contribution is -0.384. The molecule has 2 aromatic rings. The highest BCUT2D eigenvalue weighted by molar-refractivity contribution is 6.16. The molecule has 1 aliphatic heterocycles. The Hall–Kier alpha value is -3.74. The first-order valence-electron chi connectivity index (χ1n) is 9.62. The first-order valence-corrected chi connectivity index (χ1v) is 9.62. The number of ether oxygens (including phenoxy) is 1. The Labute approximate surface area is 174 Å². The van der Waals surface area contributed by atoms with Crippen LogP contribution in [0.25, 0.3) is 6.08 Å². The van der Waals surface area contributed by atoms with Crippen LogP contribution >= 0.6 is 0 Å². The number of hydrogen-bond donors (Lipinski definition) is 0. The van der Waals surface area contributed by atoms with Crippen molar-refractivity contribution in [3.05, 3.63) is 92.7 Å². The van der Waals surface area contributed by atoms with Gasteiger partial charge in [-0.2, -0.15) is 0 Å². The zero-order chi connectivity index (χ0) is 21.7. The number of nitro benzene ring substituents is 1. The predicted octanol–water partition coefficient (Wildman–Crippen LogP) is 3.90. The molecule has 1 heterocycles. The largest absolute Gasteiger partial charge is 0.462 e. The SMILES string of the molecule is CCOC(=O)C1=C(C)N(CCc2ccccc2)C(=O)/C1=C\c1ccc([N+](=O)[O-])cc1. The first-order chi connectivity index (χ1) is 14.4. The summed E-state index contributed by atoms with van der Waals surface area (Å²) in [6.07, 6.45) is 2.22. The third-order valence-electron chi connectivity index (χ3n) is 4.87. The van der Waals surface area contributed by atoms with Crippen molar-refractivity contribution in [1.82, 2.24) is 4.90 Å². The molecule has 154 valence electrons. The second-order valence-corrected chi connectivity index (χ2v) is 6.78. The lowest BCUT2D eigenvalue weighted by atomic mass is 10.0. The fourth-order valence-corrected chi connectivity index (χ4v) is 3.34. The van der Waals surface area contributed by atoms with Gasteiger partial charge in [0.25, 0.3) is 11.6 Å². The van der Waals surface area contributed by atoms with Crippen LogP contribution in [0.1, 0.15) is 25.0 Å². The summed E-state index contributed by atoms with van der Waals surface area (Å²) in [6.45, 7) is 4.05. The Balaban J connectivity index is 1.93. The number of amides is 1. The van der Waals surface area contributed by atoms with E-state index in [1.807, 2.05) is 30.3 Å². The number of carbonyl (C=O) groups is 2. The van der Waals surface area contributed by atoms with E-state index in [-0.39, 0.29) is 29.3 Å². The van der Waals surface area contributed by atoms with Crippen molar-refractivity contribution in [2.45, 2.75) is 20.3 Å². The molecule has 7 nitrogen and oxygen atoms in total. The highest BCUT2D eigenvalue weighted by atomic mass is 16.6. The standard InChI is InChI=1S/C23H22N2O5/c1-3-30-23(27)21-16(2)24(14-13-17-7-5-4-6-8-17)22(26)20(21)15-18-9-11-19(12-10-18)25(28)29/h4-12,15H,3,13-14H2,1-2H3/b20-15-. The van der Waals surface area contributed by atoms with E-state index in [2.05, 4.69) is 0 Å². The lowest BCUT2D eigenvalue weighted by Gasteiger charge is -2.17. The third kappa shape index (κ3) is 4.46. The number of benzene rings is 2. The van der Waals surface area contributed by atoms with Crippen LogP contribution in [0, 0.1) is 10.1 Å². The van der Waals surface area contributed by atoms with Crippen molar-refractivity contribution < 1.29 is 19.2 Å². The molecule has 0 spiro atoms. The van der Waals surface area contributed by atoms with E-state index in [4.69, 9.17) is 4.74 Å². The van der Waals surface area contributed by atoms with Gasteiger partial charge >= 0.3 is 5.97 Å². The van der Waals surface area contributed by atoms with Gasteiger partial charge in [-0.1, -0.05) is 30.3 Å². The van der Waals surface area contributed by atoms with E-state index >= 15 is 0 Å². The van der Waals surface area contributed by atoms with Gasteiger partial charge in [0, 0.05) is 24.4 Å². The van der Waals surface area contributed by atoms with Crippen LogP contribution in [-0.2, 0) is 20.7 Å². The summed E-state index contributed by atoms with van der Waals surface area (Å²) in [6, 6.07) is 15.6. The normalized spacial score (nSPS) is 15.1. The molecule has 0 saturated carbocycles. The molecule has 0 aliphatic carbocycles. The monoisotopic (exact) mass is 406 g/mol. The van der Waals surface area contributed by atoms with Crippen LogP contribution in [0.4, 0.5) is 5.69 Å². The second kappa shape index (κ2) is 9.17. The van der Waals surface area contributed by atoms with Crippen molar-refractivity contribution >= 4 is 23.6 Å². The zero-order valence-corrected chi connectivity index (χ0v) is 16.8. The van der Waals surface area contributed by atoms with Gasteiger partial charge in [0.1, 0.15) is 0 Å². The van der Waals surface area contributed by atoms with Gasteiger partial charge in [-0.25, -0.2) is 4.79 Å². The van der Waals surface area contributed by atoms with Crippen LogP contribution < -0.4 is 0 Å². The van der Waals surface area contributed by atoms with Crippen LogP contribution in [0.5, 0.6) is 0 Å². The van der Waals surface area contributed by atoms with Crippen LogP contribution in [0.3, 0.4) is 0 Å². The Morgan fingerprint density at radius 2 is 1.80 bits per heavy atom. The summed E-state index contributed by atoms with van der Waals surface area (Å²) < 4.78 is 5.17. The minimum absolute atomic E-state index is 0.0447. The summed E-state index contributed by atoms with van der Waals surface area (Å²) in [4.78, 5) is 37.7. The molecule has 1 amide bonds. The second-order valence-electron chi connectivity index (χ2n) is 6.78. The maximum absolute atomic E-state index is 13.1. The third-order valence-corrected chi connectivity index (χ3v) is 4.87. The average Bonchev–Trinajstić information content (AvgIpc) is 2.97. The minimum Gasteiger partial charge on any atom is -0.462 e. The fraction of sp³-hybridized carbons (Fsp3) is 0.217. The Bertz CT molecular complexity index is 1020. The van der Waals surface area contributed by atoms with Crippen molar-refractivity contribution in [3.63, 3.8) is 0 Å². The summed E-state index contributed by atoms with van der Waals surface area (Å²) >= 11 is 0. The van der Waals surface area contributed by atoms with Crippen molar-refractivity contribution in [2.24, 2.45) is 0 Å². The number of carbonyl (C=O) groups excluding carboxylic acids is 2. The van der Waals surface area contributed by atoms with Crippen LogP contribution in [-0.4, -0.2) is 34.9 Å². The number of allylic oxidation sites excluding steroid dienone is 1. The number of rotatable bonds is 7. The Morgan fingerprint density at radius 1 is 1.13 bits per heavy atom. The fourth-order valence-electron chi connectivity index (χ4n) is 3.34. The minimum atomic E-state index is -0.557. The molecule has 1 aliphatic rings. The smallest absolute Gasteiger partial charge is 0.340 e. The molecule has 7 heteroatoms. The average molecular weight is 406 g/mol. The quantitative estimate of drug-likeness (QED) is 0.301. The highest BCUT2D eigenvalue weighted by Gasteiger charge is 2.36. The molecule has 0 fully saturated rings. The van der Waals surface area contributed by atoms with E-state index in [9.17, 15) is 19.7 Å². The van der Waals surface area contributed by atoms with E-state index in [0.29, 0.717) is 24.2 Å². The van der Waals surface area contributed by atoms with E-state index < -0.39 is 10.9 Å². The van der Waals surface area contributed by atoms with Gasteiger partial charge in [0.2, 0.25) is 0 Å². The molecule has 0 bridgehead atoms. The highest BCUT2D eigenvalue weighted by Crippen LogP contribution is 2.32. The number of esters is 1. The summed E-state index contributed by atoms with van der Waals surface area (Å²) in [7, 11) is 0. The molecule has 2 aromatic carbocycles. The molecule has 0 unspecified atom stereocenters. The van der Waals surface area contributed by atoms with Gasteiger partial charge in [-0.3, -0.25) is 14.9 Å². The molecule has 3 rings (SSSR count). The van der Waals surface area contributed by atoms with Gasteiger partial charge in [0.15, 0.2) is 0 Å². The van der Waals surface area contributed by atoms with Crippen molar-refractivity contribution in [1.29, 1.82) is 0 Å². The lowest BCUT2D eigenvalue weighted by Crippen LogP contribution is -2.27. The molecule has 0 saturated heterocycles. The summed E-state index contributed by atoms with van der Waals surface area (Å²) in [5, 5.41) is 10.9. The van der Waals surface area contributed by atoms with Gasteiger partial charge in [-0.15, -0.1) is 0 Å². The number of nitro groups is 1. The molecule has 30 heavy (non-hydrogen) atoms. The molecule has 0 N–H and O–H groups in total. The molecular weight excluding hydrogens is 384 g/mol. The van der Waals surface area contributed by atoms with Crippen LogP contribution in [0.2, 0.25) is 0 Å². The van der Waals surface area contributed by atoms with E-state index in [1.54, 1.807) is 37.0 Å². The maximum atomic E-state index is 13.1. The molecular formula is C23H22N2O5. The van der Waals surface area contributed by atoms with Gasteiger partial charge in [0.05, 0.1) is 22.7 Å². The van der Waals surface area contributed by atoms with Gasteiger partial charge in [-0.05, 0) is 49.6 Å². The van der Waals surface area contributed by atoms with Gasteiger partial charge < -0.3 is 9.64 Å². The first kappa shape index (κ1) is 21.0. The van der Waals surface area contributed by atoms with Crippen molar-refractivity contribution in [2.75, 3.05) is 13.2 Å². The number of non-ortho nitro benzene ring substituents is 1. The molecule has 0 radical (unpaired) electrons. The zero-order valence-electron chi connectivity index (χ0n) is 16.8. The summed E-state index contributed by atoms with van der Waals surface area (Å²) in [5.41, 5.74) is 2.63. The topological polar surface area (TPSA) is 89.8 Å². The van der Waals surface area contributed by atoms with Crippen LogP contribution in [0.15, 0.2) is 71.4 Å². The van der Waals surface area contributed by atoms with E-state index in [1.165, 1.54) is 12.1 Å². The summed E-state index contributed by atoms with van der Waals surface area (Å²) in [5.74, 6) is -0.844. The molecule has 0 atom stereocenters. The number of hydrogen-bond acceptors (Lipinski definition) is 5. The maximum Gasteiger partial charge on any atom is 0.340 e. The van der Waals surface area contributed by atoms with E-state index in [0.717, 1.165) is 5.56 Å². The number of nitrogens with zero attached hydrogens (tertiary/aromatic N) is 2. The Kier molecular flexibility index (Phi) is 6.41. The van der Waals surface area contributed by atoms with Crippen molar-refractivity contribution in [3.8, 4) is 0 Å². The molecule has 0 aromatic heterocycles. The predicted molar refractivity (Wildman–Crippen MR) is 112 cm³/mol. The Morgan fingerprint density at radius 3 is 2.40 bits per heavy atom.